The third-order valence-corrected chi connectivity index (χ3v) is 5.84. The number of hydrogen-bond acceptors (Lipinski definition) is 5. The topological polar surface area (TPSA) is 111 Å². The van der Waals surface area contributed by atoms with Gasteiger partial charge in [-0.3, -0.25) is 9.00 Å². The van der Waals surface area contributed by atoms with E-state index in [2.05, 4.69) is 20.3 Å². The predicted molar refractivity (Wildman–Crippen MR) is 119 cm³/mol. The Bertz CT molecular complexity index is 1290. The van der Waals surface area contributed by atoms with Crippen molar-refractivity contribution in [2.45, 2.75) is 11.3 Å². The number of hydrogen-bond donors (Lipinski definition) is 2. The molecule has 1 unspecified atom stereocenters. The molecule has 10 heteroatoms. The highest BCUT2D eigenvalue weighted by molar-refractivity contribution is 7.79. The molecule has 2 N–H and O–H groups in total. The van der Waals surface area contributed by atoms with Crippen LogP contribution in [0.3, 0.4) is 0 Å². The summed E-state index contributed by atoms with van der Waals surface area (Å²) in [4.78, 5) is 24.8. The molecule has 0 fully saturated rings. The molecule has 0 aliphatic rings. The van der Waals surface area contributed by atoms with Crippen molar-refractivity contribution in [3.8, 4) is 11.4 Å². The van der Waals surface area contributed by atoms with Crippen molar-refractivity contribution >= 4 is 51.4 Å². The summed E-state index contributed by atoms with van der Waals surface area (Å²) >= 11 is 9.97. The molecule has 158 valence electrons. The number of nitrogens with zero attached hydrogens (tertiary/aromatic N) is 2. The minimum atomic E-state index is -2.25. The second-order valence-electron chi connectivity index (χ2n) is 6.65. The van der Waals surface area contributed by atoms with Crippen LogP contribution in [0.15, 0.2) is 59.6 Å². The van der Waals surface area contributed by atoms with E-state index in [0.29, 0.717) is 51.1 Å². The number of benzene rings is 2. The molecule has 0 aliphatic heterocycles. The highest BCUT2D eigenvalue weighted by Gasteiger charge is 2.16. The van der Waals surface area contributed by atoms with Gasteiger partial charge in [0, 0.05) is 28.2 Å². The molecule has 0 spiro atoms. The van der Waals surface area contributed by atoms with E-state index in [9.17, 15) is 13.6 Å². The fourth-order valence-corrected chi connectivity index (χ4v) is 3.95. The van der Waals surface area contributed by atoms with Crippen molar-refractivity contribution in [2.75, 3.05) is 6.54 Å². The summed E-state index contributed by atoms with van der Waals surface area (Å²) in [5, 5.41) is 3.81. The molecule has 0 radical (unpaired) electrons. The minimum Gasteiger partial charge on any atom is -0.768 e. The molecule has 4 aromatic rings. The van der Waals surface area contributed by atoms with Crippen LogP contribution in [0.25, 0.3) is 22.6 Å². The average Bonchev–Trinajstić information content (AvgIpc) is 3.18. The van der Waals surface area contributed by atoms with Gasteiger partial charge in [-0.15, -0.1) is 0 Å². The van der Waals surface area contributed by atoms with Crippen LogP contribution in [0.5, 0.6) is 0 Å². The van der Waals surface area contributed by atoms with E-state index >= 15 is 0 Å². The summed E-state index contributed by atoms with van der Waals surface area (Å²) < 4.78 is 21.8. The Morgan fingerprint density at radius 2 is 1.90 bits per heavy atom. The summed E-state index contributed by atoms with van der Waals surface area (Å²) in [5.41, 5.74) is 2.87. The number of amides is 1. The van der Waals surface area contributed by atoms with Crippen LogP contribution in [-0.4, -0.2) is 36.2 Å². The Labute approximate surface area is 190 Å². The van der Waals surface area contributed by atoms with Crippen molar-refractivity contribution in [2.24, 2.45) is 0 Å². The first-order valence-corrected chi connectivity index (χ1v) is 11.0. The number of nitrogens with one attached hydrogen (secondary N) is 2. The average molecular weight is 474 g/mol. The minimum absolute atomic E-state index is 0.225. The summed E-state index contributed by atoms with van der Waals surface area (Å²) in [6.07, 6.45) is 2.08. The molecule has 4 rings (SSSR count). The lowest BCUT2D eigenvalue weighted by molar-refractivity contribution is 0.0955. The lowest BCUT2D eigenvalue weighted by Crippen LogP contribution is -2.26. The van der Waals surface area contributed by atoms with E-state index in [1.165, 1.54) is 18.3 Å². The van der Waals surface area contributed by atoms with Crippen molar-refractivity contribution < 1.29 is 13.6 Å². The van der Waals surface area contributed by atoms with Gasteiger partial charge in [-0.1, -0.05) is 35.3 Å². The number of rotatable bonds is 6. The number of H-pyrrole nitrogens is 1. The number of halogens is 2. The first-order chi connectivity index (χ1) is 14.9. The molecule has 31 heavy (non-hydrogen) atoms. The van der Waals surface area contributed by atoms with Gasteiger partial charge in [0.2, 0.25) is 0 Å². The lowest BCUT2D eigenvalue weighted by Gasteiger charge is -2.08. The van der Waals surface area contributed by atoms with Gasteiger partial charge in [0.15, 0.2) is 5.65 Å². The Hall–Kier alpha value is -2.78. The van der Waals surface area contributed by atoms with Crippen LogP contribution >= 0.6 is 23.2 Å². The second kappa shape index (κ2) is 9.15. The number of carbonyl (C=O) groups excluding carboxylic acids is 1. The van der Waals surface area contributed by atoms with E-state index in [1.54, 1.807) is 36.4 Å². The van der Waals surface area contributed by atoms with E-state index in [4.69, 9.17) is 23.2 Å². The van der Waals surface area contributed by atoms with Gasteiger partial charge >= 0.3 is 0 Å². The van der Waals surface area contributed by atoms with Crippen LogP contribution in [0, 0.1) is 0 Å². The first kappa shape index (κ1) is 21.5. The number of aromatic nitrogens is 3. The summed E-state index contributed by atoms with van der Waals surface area (Å²) in [7, 11) is 0. The molecule has 2 aromatic heterocycles. The van der Waals surface area contributed by atoms with Gasteiger partial charge in [-0.2, -0.15) is 0 Å². The summed E-state index contributed by atoms with van der Waals surface area (Å²) in [6, 6.07) is 13.2. The standard InChI is InChI=1S/C21H16Cl2N4O3S/c22-13-3-6-15(17(23)11-13)19-26-18-16(8-10-24-20(18)27-19)21(28)25-9-7-12-1-4-14(5-2-12)31(29)30/h1-6,8,10-11H,7,9H2,(H,25,28)(H,29,30)(H,24,26,27)/p-1. The Kier molecular flexibility index (Phi) is 6.33. The second-order valence-corrected chi connectivity index (χ2v) is 8.44. The molecule has 7 nitrogen and oxygen atoms in total. The van der Waals surface area contributed by atoms with Crippen molar-refractivity contribution in [3.63, 3.8) is 0 Å². The normalized spacial score (nSPS) is 12.1. The quantitative estimate of drug-likeness (QED) is 0.408. The zero-order valence-corrected chi connectivity index (χ0v) is 18.2. The molecular formula is C21H15Cl2N4O3S-. The lowest BCUT2D eigenvalue weighted by atomic mass is 10.1. The van der Waals surface area contributed by atoms with Crippen LogP contribution < -0.4 is 5.32 Å². The van der Waals surface area contributed by atoms with Gasteiger partial charge in [-0.05, 0) is 59.5 Å². The fraction of sp³-hybridized carbons (Fsp3) is 0.0952. The largest absolute Gasteiger partial charge is 0.768 e. The van der Waals surface area contributed by atoms with E-state index < -0.39 is 11.1 Å². The molecular weight excluding hydrogens is 459 g/mol. The number of pyridine rings is 1. The van der Waals surface area contributed by atoms with Crippen molar-refractivity contribution in [1.82, 2.24) is 20.3 Å². The van der Waals surface area contributed by atoms with Crippen molar-refractivity contribution in [3.05, 3.63) is 75.9 Å². The third-order valence-electron chi connectivity index (χ3n) is 4.64. The van der Waals surface area contributed by atoms with Crippen LogP contribution in [0.1, 0.15) is 15.9 Å². The SMILES string of the molecule is O=C(NCCc1ccc(S(=O)[O-])cc1)c1ccnc2nc(-c3ccc(Cl)cc3Cl)[nH]c12. The summed E-state index contributed by atoms with van der Waals surface area (Å²) in [6.45, 7) is 0.381. The molecule has 0 saturated carbocycles. The highest BCUT2D eigenvalue weighted by Crippen LogP contribution is 2.30. The van der Waals surface area contributed by atoms with Crippen LogP contribution in [-0.2, 0) is 17.5 Å². The molecule has 2 aromatic carbocycles. The van der Waals surface area contributed by atoms with E-state index in [-0.39, 0.29) is 10.8 Å². The third kappa shape index (κ3) is 4.77. The maximum absolute atomic E-state index is 12.7. The zero-order chi connectivity index (χ0) is 22.0. The number of fused-ring (bicyclic) bond motifs is 1. The number of imidazole rings is 1. The van der Waals surface area contributed by atoms with Crippen LogP contribution in [0.4, 0.5) is 0 Å². The van der Waals surface area contributed by atoms with Gasteiger partial charge in [0.05, 0.1) is 16.1 Å². The number of carbonyl (C=O) groups is 1. The maximum Gasteiger partial charge on any atom is 0.253 e. The monoisotopic (exact) mass is 473 g/mol. The number of aromatic amines is 1. The van der Waals surface area contributed by atoms with E-state index in [1.807, 2.05) is 0 Å². The molecule has 2 heterocycles. The maximum atomic E-state index is 12.7. The van der Waals surface area contributed by atoms with Gasteiger partial charge in [0.25, 0.3) is 5.91 Å². The van der Waals surface area contributed by atoms with Gasteiger partial charge in [-0.25, -0.2) is 9.97 Å². The molecule has 0 bridgehead atoms. The smallest absolute Gasteiger partial charge is 0.253 e. The Morgan fingerprint density at radius 3 is 2.61 bits per heavy atom. The Balaban J connectivity index is 1.50. The highest BCUT2D eigenvalue weighted by atomic mass is 35.5. The fourth-order valence-electron chi connectivity index (χ4n) is 3.09. The molecule has 1 atom stereocenters. The molecule has 1 amide bonds. The Morgan fingerprint density at radius 1 is 1.13 bits per heavy atom. The predicted octanol–water partition coefficient (Wildman–Crippen LogP) is 4.14. The molecule has 0 aliphatic carbocycles. The van der Waals surface area contributed by atoms with Gasteiger partial charge < -0.3 is 14.9 Å². The van der Waals surface area contributed by atoms with Crippen LogP contribution in [0.2, 0.25) is 10.0 Å². The van der Waals surface area contributed by atoms with Gasteiger partial charge in [0.1, 0.15) is 5.82 Å². The molecule has 0 saturated heterocycles. The summed E-state index contributed by atoms with van der Waals surface area (Å²) in [5.74, 6) is 0.211. The van der Waals surface area contributed by atoms with E-state index in [0.717, 1.165) is 5.56 Å². The first-order valence-electron chi connectivity index (χ1n) is 9.19. The van der Waals surface area contributed by atoms with Crippen molar-refractivity contribution in [1.29, 1.82) is 0 Å². The zero-order valence-electron chi connectivity index (χ0n) is 15.9.